The third-order valence-electron chi connectivity index (χ3n) is 6.01. The van der Waals surface area contributed by atoms with Crippen LogP contribution in [0.1, 0.15) is 0 Å². The van der Waals surface area contributed by atoms with Crippen LogP contribution in [0.3, 0.4) is 0 Å². The first-order chi connectivity index (χ1) is 16.9. The molecule has 1 amide bonds. The molecule has 2 aromatic heterocycles. The normalized spacial score (nSPS) is 13.9. The van der Waals surface area contributed by atoms with Crippen LogP contribution < -0.4 is 9.64 Å². The lowest BCUT2D eigenvalue weighted by molar-refractivity contribution is -0.128. The van der Waals surface area contributed by atoms with Gasteiger partial charge in [-0.3, -0.25) is 4.79 Å². The summed E-state index contributed by atoms with van der Waals surface area (Å²) in [5, 5.41) is 2.09. The van der Waals surface area contributed by atoms with Crippen LogP contribution in [-0.2, 0) is 4.79 Å². The number of anilines is 1. The summed E-state index contributed by atoms with van der Waals surface area (Å²) >= 11 is 6.46. The van der Waals surface area contributed by atoms with Gasteiger partial charge in [-0.15, -0.1) is 0 Å². The van der Waals surface area contributed by atoms with Gasteiger partial charge >= 0.3 is 6.01 Å². The SMILES string of the molecule is C=C(F)C(=O)N1CCN(c2nc(OC)nc3cc(-c4cccc5cccc(Cl)c45)c(F)nc23)CC1. The first-order valence-corrected chi connectivity index (χ1v) is 11.2. The summed E-state index contributed by atoms with van der Waals surface area (Å²) in [6.07, 6.45) is 0. The van der Waals surface area contributed by atoms with Gasteiger partial charge in [0, 0.05) is 42.2 Å². The van der Waals surface area contributed by atoms with Crippen molar-refractivity contribution in [3.8, 4) is 17.1 Å². The zero-order chi connectivity index (χ0) is 24.7. The first-order valence-electron chi connectivity index (χ1n) is 10.9. The molecule has 0 atom stereocenters. The topological polar surface area (TPSA) is 71.5 Å². The lowest BCUT2D eigenvalue weighted by Crippen LogP contribution is -2.49. The third-order valence-corrected chi connectivity index (χ3v) is 6.33. The van der Waals surface area contributed by atoms with E-state index in [9.17, 15) is 9.18 Å². The van der Waals surface area contributed by atoms with Gasteiger partial charge in [0.25, 0.3) is 5.91 Å². The molecule has 0 saturated carbocycles. The zero-order valence-electron chi connectivity index (χ0n) is 18.8. The summed E-state index contributed by atoms with van der Waals surface area (Å²) in [7, 11) is 1.44. The Hall–Kier alpha value is -3.85. The number of carbonyl (C=O) groups excluding carboxylic acids is 1. The number of carbonyl (C=O) groups is 1. The number of nitrogens with zero attached hydrogens (tertiary/aromatic N) is 5. The molecule has 2 aromatic carbocycles. The summed E-state index contributed by atoms with van der Waals surface area (Å²) in [6.45, 7) is 4.27. The molecule has 1 saturated heterocycles. The number of ether oxygens (including phenoxy) is 1. The fourth-order valence-corrected chi connectivity index (χ4v) is 4.60. The minimum Gasteiger partial charge on any atom is -0.467 e. The Morgan fingerprint density at radius 1 is 1.06 bits per heavy atom. The van der Waals surface area contributed by atoms with Crippen LogP contribution in [0.25, 0.3) is 32.9 Å². The zero-order valence-corrected chi connectivity index (χ0v) is 19.5. The molecule has 35 heavy (non-hydrogen) atoms. The van der Waals surface area contributed by atoms with E-state index < -0.39 is 17.7 Å². The smallest absolute Gasteiger partial charge is 0.318 e. The van der Waals surface area contributed by atoms with Crippen LogP contribution in [0.5, 0.6) is 6.01 Å². The van der Waals surface area contributed by atoms with Crippen LogP contribution in [0.4, 0.5) is 14.6 Å². The van der Waals surface area contributed by atoms with Gasteiger partial charge in [0.2, 0.25) is 5.95 Å². The number of methoxy groups -OCH3 is 1. The molecule has 4 aromatic rings. The molecule has 7 nitrogen and oxygen atoms in total. The number of rotatable bonds is 4. The van der Waals surface area contributed by atoms with Crippen LogP contribution in [-0.4, -0.2) is 59.0 Å². The van der Waals surface area contributed by atoms with Crippen molar-refractivity contribution in [1.82, 2.24) is 19.9 Å². The van der Waals surface area contributed by atoms with Crippen molar-refractivity contribution in [2.75, 3.05) is 38.2 Å². The van der Waals surface area contributed by atoms with Gasteiger partial charge in [-0.25, -0.2) is 9.37 Å². The second kappa shape index (κ2) is 9.07. The lowest BCUT2D eigenvalue weighted by Gasteiger charge is -2.35. The fraction of sp³-hybridized carbons (Fsp3) is 0.200. The first kappa shape index (κ1) is 22.9. The Labute approximate surface area is 204 Å². The predicted molar refractivity (Wildman–Crippen MR) is 131 cm³/mol. The van der Waals surface area contributed by atoms with Crippen LogP contribution in [0.15, 0.2) is 54.9 Å². The highest BCUT2D eigenvalue weighted by Gasteiger charge is 2.26. The molecule has 1 aliphatic rings. The van der Waals surface area contributed by atoms with E-state index in [4.69, 9.17) is 16.3 Å². The number of piperazine rings is 1. The molecule has 1 fully saturated rings. The largest absolute Gasteiger partial charge is 0.467 e. The molecule has 10 heteroatoms. The van der Waals surface area contributed by atoms with Crippen molar-refractivity contribution < 1.29 is 18.3 Å². The third kappa shape index (κ3) is 4.12. The number of benzene rings is 2. The number of amides is 1. The van der Waals surface area contributed by atoms with Crippen LogP contribution in [0.2, 0.25) is 5.02 Å². The summed E-state index contributed by atoms with van der Waals surface area (Å²) in [5.41, 5.74) is 1.49. The monoisotopic (exact) mass is 495 g/mol. The van der Waals surface area contributed by atoms with Crippen molar-refractivity contribution in [2.24, 2.45) is 0 Å². The lowest BCUT2D eigenvalue weighted by atomic mass is 9.99. The Balaban J connectivity index is 1.60. The number of halogens is 3. The molecule has 0 spiro atoms. The Bertz CT molecular complexity index is 1480. The standard InChI is InChI=1S/C25H20ClF2N5O2/c1-14(27)24(34)33-11-9-32(10-12-33)23-21-19(29-25(31-23)35-2)13-17(22(28)30-21)16-7-3-5-15-6-4-8-18(26)20(15)16/h3-8,13H,1,9-12H2,2H3. The molecule has 178 valence electrons. The molecule has 0 N–H and O–H groups in total. The fourth-order valence-electron chi connectivity index (χ4n) is 4.31. The molecule has 5 rings (SSSR count). The van der Waals surface area contributed by atoms with E-state index in [1.807, 2.05) is 29.2 Å². The van der Waals surface area contributed by atoms with Gasteiger partial charge in [-0.05, 0) is 23.1 Å². The average molecular weight is 496 g/mol. The van der Waals surface area contributed by atoms with E-state index >= 15 is 4.39 Å². The summed E-state index contributed by atoms with van der Waals surface area (Å²) in [6, 6.07) is 12.7. The van der Waals surface area contributed by atoms with Crippen LogP contribution in [0, 0.1) is 5.95 Å². The van der Waals surface area contributed by atoms with Gasteiger partial charge in [-0.1, -0.05) is 48.5 Å². The second-order valence-electron chi connectivity index (χ2n) is 8.06. The van der Waals surface area contributed by atoms with Crippen molar-refractivity contribution in [2.45, 2.75) is 0 Å². The average Bonchev–Trinajstić information content (AvgIpc) is 2.87. The number of pyridine rings is 1. The van der Waals surface area contributed by atoms with Gasteiger partial charge in [-0.2, -0.15) is 14.4 Å². The Morgan fingerprint density at radius 2 is 1.77 bits per heavy atom. The predicted octanol–water partition coefficient (Wildman–Crippen LogP) is 4.78. The molecule has 0 unspecified atom stereocenters. The highest BCUT2D eigenvalue weighted by atomic mass is 35.5. The van der Waals surface area contributed by atoms with E-state index in [2.05, 4.69) is 21.5 Å². The van der Waals surface area contributed by atoms with E-state index in [1.165, 1.54) is 12.0 Å². The summed E-state index contributed by atoms with van der Waals surface area (Å²) < 4.78 is 34.0. The molecule has 3 heterocycles. The Morgan fingerprint density at radius 3 is 2.46 bits per heavy atom. The minimum atomic E-state index is -1.00. The van der Waals surface area contributed by atoms with E-state index in [0.717, 1.165) is 5.39 Å². The Kier molecular flexibility index (Phi) is 5.94. The molecule has 0 radical (unpaired) electrons. The highest BCUT2D eigenvalue weighted by Crippen LogP contribution is 2.37. The second-order valence-corrected chi connectivity index (χ2v) is 8.46. The van der Waals surface area contributed by atoms with Crippen molar-refractivity contribution in [1.29, 1.82) is 0 Å². The maximum absolute atomic E-state index is 15.5. The molecular formula is C25H20ClF2N5O2. The number of hydrogen-bond donors (Lipinski definition) is 0. The molecule has 0 aliphatic carbocycles. The highest BCUT2D eigenvalue weighted by molar-refractivity contribution is 6.36. The van der Waals surface area contributed by atoms with Crippen molar-refractivity contribution in [3.05, 3.63) is 65.8 Å². The van der Waals surface area contributed by atoms with E-state index in [-0.39, 0.29) is 30.2 Å². The maximum Gasteiger partial charge on any atom is 0.318 e. The quantitative estimate of drug-likeness (QED) is 0.300. The molecule has 0 bridgehead atoms. The minimum absolute atomic E-state index is 0.0958. The number of aromatic nitrogens is 3. The van der Waals surface area contributed by atoms with Crippen molar-refractivity contribution in [3.63, 3.8) is 0 Å². The van der Waals surface area contributed by atoms with Gasteiger partial charge < -0.3 is 14.5 Å². The molecular weight excluding hydrogens is 476 g/mol. The molecule has 1 aliphatic heterocycles. The van der Waals surface area contributed by atoms with E-state index in [1.54, 1.807) is 18.2 Å². The van der Waals surface area contributed by atoms with Gasteiger partial charge in [0.05, 0.1) is 12.6 Å². The van der Waals surface area contributed by atoms with Gasteiger partial charge in [0.15, 0.2) is 11.6 Å². The van der Waals surface area contributed by atoms with Crippen LogP contribution >= 0.6 is 11.6 Å². The van der Waals surface area contributed by atoms with Crippen molar-refractivity contribution >= 4 is 45.1 Å². The summed E-state index contributed by atoms with van der Waals surface area (Å²) in [4.78, 5) is 28.2. The number of fused-ring (bicyclic) bond motifs is 2. The van der Waals surface area contributed by atoms with E-state index in [0.29, 0.717) is 40.4 Å². The summed E-state index contributed by atoms with van der Waals surface area (Å²) in [5.74, 6) is -2.06. The maximum atomic E-state index is 15.5. The number of hydrogen-bond acceptors (Lipinski definition) is 6. The van der Waals surface area contributed by atoms with Gasteiger partial charge in [0.1, 0.15) is 5.52 Å².